The van der Waals surface area contributed by atoms with Gasteiger partial charge in [-0.1, -0.05) is 74.9 Å². The Labute approximate surface area is 240 Å². The van der Waals surface area contributed by atoms with Gasteiger partial charge in [0.2, 0.25) is 0 Å². The van der Waals surface area contributed by atoms with Crippen molar-refractivity contribution in [1.82, 2.24) is 9.80 Å². The number of rotatable bonds is 6. The molecule has 0 saturated heterocycles. The van der Waals surface area contributed by atoms with Crippen molar-refractivity contribution in [3.05, 3.63) is 71.8 Å². The molecule has 2 aromatic carbocycles. The Morgan fingerprint density at radius 2 is 0.925 bits per heavy atom. The van der Waals surface area contributed by atoms with Gasteiger partial charge in [-0.25, -0.2) is 0 Å². The van der Waals surface area contributed by atoms with Crippen molar-refractivity contribution in [2.75, 3.05) is 0 Å². The number of hydrogen-bond donors (Lipinski definition) is 0. The zero-order chi connectivity index (χ0) is 27.2. The van der Waals surface area contributed by atoms with Crippen LogP contribution in [0, 0.1) is 11.8 Å². The molecule has 8 rings (SSSR count). The third-order valence-corrected chi connectivity index (χ3v) is 11.4. The lowest BCUT2D eigenvalue weighted by atomic mass is 9.48. The lowest BCUT2D eigenvalue weighted by Crippen LogP contribution is -2.73. The molecule has 6 aliphatic carbocycles. The summed E-state index contributed by atoms with van der Waals surface area (Å²) in [6.07, 6.45) is 18.7. The molecule has 0 N–H and O–H groups in total. The second kappa shape index (κ2) is 10.7. The van der Waals surface area contributed by atoms with Gasteiger partial charge in [-0.3, -0.25) is 9.59 Å². The van der Waals surface area contributed by atoms with Gasteiger partial charge in [-0.2, -0.15) is 0 Å². The summed E-state index contributed by atoms with van der Waals surface area (Å²) in [5, 5.41) is 0. The number of benzene rings is 2. The van der Waals surface area contributed by atoms with Gasteiger partial charge in [0, 0.05) is 34.3 Å². The van der Waals surface area contributed by atoms with Crippen LogP contribution >= 0.6 is 0 Å². The topological polar surface area (TPSA) is 40.6 Å². The van der Waals surface area contributed by atoms with Crippen molar-refractivity contribution in [3.63, 3.8) is 0 Å². The summed E-state index contributed by atoms with van der Waals surface area (Å²) in [6, 6.07) is 20.8. The highest BCUT2D eigenvalue weighted by atomic mass is 16.2. The van der Waals surface area contributed by atoms with E-state index in [1.54, 1.807) is 0 Å². The van der Waals surface area contributed by atoms with E-state index in [9.17, 15) is 9.59 Å². The molecule has 4 bridgehead atoms. The summed E-state index contributed by atoms with van der Waals surface area (Å²) in [6.45, 7) is 0. The molecule has 0 aromatic heterocycles. The van der Waals surface area contributed by atoms with Gasteiger partial charge in [0.1, 0.15) is 0 Å². The summed E-state index contributed by atoms with van der Waals surface area (Å²) >= 11 is 0. The highest BCUT2D eigenvalue weighted by Crippen LogP contribution is 2.63. The van der Waals surface area contributed by atoms with E-state index >= 15 is 0 Å². The fraction of sp³-hybridized carbons (Fsp3) is 0.611. The van der Waals surface area contributed by atoms with Gasteiger partial charge < -0.3 is 9.80 Å². The van der Waals surface area contributed by atoms with Crippen LogP contribution in [0.4, 0.5) is 0 Å². The number of carbonyl (C=O) groups is 2. The van der Waals surface area contributed by atoms with Crippen molar-refractivity contribution in [2.24, 2.45) is 11.8 Å². The van der Waals surface area contributed by atoms with Crippen LogP contribution in [0.3, 0.4) is 0 Å². The Bertz CT molecular complexity index is 1090. The minimum absolute atomic E-state index is 0.136. The van der Waals surface area contributed by atoms with Crippen LogP contribution in [0.2, 0.25) is 0 Å². The van der Waals surface area contributed by atoms with Crippen LogP contribution in [-0.4, -0.2) is 44.8 Å². The van der Waals surface area contributed by atoms with Crippen LogP contribution in [0.1, 0.15) is 123 Å². The lowest BCUT2D eigenvalue weighted by Gasteiger charge is -2.68. The van der Waals surface area contributed by atoms with E-state index in [2.05, 4.69) is 9.80 Å². The van der Waals surface area contributed by atoms with E-state index in [0.29, 0.717) is 23.9 Å². The fourth-order valence-corrected chi connectivity index (χ4v) is 10.4. The average Bonchev–Trinajstić information content (AvgIpc) is 2.98. The molecular formula is C36H46N2O2. The summed E-state index contributed by atoms with van der Waals surface area (Å²) in [4.78, 5) is 34.0. The Balaban J connectivity index is 1.31. The molecule has 0 radical (unpaired) electrons. The molecule has 6 aliphatic rings. The molecule has 6 fully saturated rings. The number of carbonyl (C=O) groups excluding carboxylic acids is 2. The Kier molecular flexibility index (Phi) is 7.00. The van der Waals surface area contributed by atoms with E-state index < -0.39 is 0 Å². The first kappa shape index (κ1) is 26.3. The van der Waals surface area contributed by atoms with Crippen molar-refractivity contribution in [2.45, 2.75) is 126 Å². The normalized spacial score (nSPS) is 32.1. The van der Waals surface area contributed by atoms with Crippen molar-refractivity contribution in [1.29, 1.82) is 0 Å². The second-order valence-corrected chi connectivity index (χ2v) is 14.1. The number of hydrogen-bond acceptors (Lipinski definition) is 2. The van der Waals surface area contributed by atoms with Gasteiger partial charge in [-0.15, -0.1) is 0 Å². The van der Waals surface area contributed by atoms with E-state index in [-0.39, 0.29) is 22.9 Å². The fourth-order valence-electron chi connectivity index (χ4n) is 10.4. The molecular weight excluding hydrogens is 492 g/mol. The standard InChI is InChI=1S/C36H46N2O2/c39-33(29-13-5-1-6-14-29)37(31-17-9-3-10-18-31)35-22-27-21-28(23-35)25-36(24-27,26-35)38(32-19-11-4-12-20-32)34(40)30-15-7-2-8-16-30/h1-2,5-8,13-16,27-28,31-32H,3-4,9-12,17-26H2. The van der Waals surface area contributed by atoms with Gasteiger partial charge in [0.15, 0.2) is 0 Å². The highest BCUT2D eigenvalue weighted by Gasteiger charge is 2.64. The summed E-state index contributed by atoms with van der Waals surface area (Å²) in [7, 11) is 0. The van der Waals surface area contributed by atoms with Crippen LogP contribution in [0.5, 0.6) is 0 Å². The first-order chi connectivity index (χ1) is 19.6. The minimum Gasteiger partial charge on any atom is -0.330 e. The molecule has 0 aliphatic heterocycles. The number of amides is 2. The molecule has 6 saturated carbocycles. The molecule has 0 spiro atoms. The van der Waals surface area contributed by atoms with Gasteiger partial charge in [0.05, 0.1) is 0 Å². The monoisotopic (exact) mass is 538 g/mol. The molecule has 0 atom stereocenters. The molecule has 0 heterocycles. The SMILES string of the molecule is O=C(c1ccccc1)N(C1CCCCC1)C12CC3CC(C1)CC(N(C(=O)c1ccccc1)C1CCCCC1)(C3)C2. The van der Waals surface area contributed by atoms with E-state index in [1.165, 1.54) is 44.9 Å². The van der Waals surface area contributed by atoms with Crippen LogP contribution in [-0.2, 0) is 0 Å². The van der Waals surface area contributed by atoms with Gasteiger partial charge in [-0.05, 0) is 100 Å². The Morgan fingerprint density at radius 3 is 1.30 bits per heavy atom. The van der Waals surface area contributed by atoms with Crippen LogP contribution in [0.15, 0.2) is 60.7 Å². The molecule has 2 aromatic rings. The summed E-state index contributed by atoms with van der Waals surface area (Å²) < 4.78 is 0. The maximum Gasteiger partial charge on any atom is 0.254 e. The minimum atomic E-state index is -0.136. The maximum absolute atomic E-state index is 14.5. The lowest BCUT2D eigenvalue weighted by molar-refractivity contribution is -0.147. The van der Waals surface area contributed by atoms with E-state index in [1.807, 2.05) is 60.7 Å². The molecule has 212 valence electrons. The maximum atomic E-state index is 14.5. The Morgan fingerprint density at radius 1 is 0.550 bits per heavy atom. The van der Waals surface area contributed by atoms with Gasteiger partial charge >= 0.3 is 0 Å². The second-order valence-electron chi connectivity index (χ2n) is 14.1. The van der Waals surface area contributed by atoms with Gasteiger partial charge in [0.25, 0.3) is 11.8 Å². The molecule has 0 unspecified atom stereocenters. The first-order valence-electron chi connectivity index (χ1n) is 16.3. The molecule has 4 heteroatoms. The molecule has 40 heavy (non-hydrogen) atoms. The van der Waals surface area contributed by atoms with Crippen LogP contribution < -0.4 is 0 Å². The first-order valence-corrected chi connectivity index (χ1v) is 16.3. The predicted octanol–water partition coefficient (Wildman–Crippen LogP) is 8.03. The van der Waals surface area contributed by atoms with Crippen molar-refractivity contribution >= 4 is 11.8 Å². The zero-order valence-electron chi connectivity index (χ0n) is 24.1. The smallest absolute Gasteiger partial charge is 0.254 e. The van der Waals surface area contributed by atoms with E-state index in [0.717, 1.165) is 68.9 Å². The molecule has 2 amide bonds. The number of nitrogens with zero attached hydrogens (tertiary/aromatic N) is 2. The van der Waals surface area contributed by atoms with E-state index in [4.69, 9.17) is 0 Å². The molecule has 4 nitrogen and oxygen atoms in total. The third kappa shape index (κ3) is 4.60. The van der Waals surface area contributed by atoms with Crippen molar-refractivity contribution in [3.8, 4) is 0 Å². The third-order valence-electron chi connectivity index (χ3n) is 11.4. The van der Waals surface area contributed by atoms with Crippen molar-refractivity contribution < 1.29 is 9.59 Å². The quantitative estimate of drug-likeness (QED) is 0.374. The zero-order valence-corrected chi connectivity index (χ0v) is 24.1. The highest BCUT2D eigenvalue weighted by molar-refractivity contribution is 5.96. The summed E-state index contributed by atoms with van der Waals surface area (Å²) in [5.74, 6) is 1.68. The Hall–Kier alpha value is -2.62. The largest absolute Gasteiger partial charge is 0.330 e. The average molecular weight is 539 g/mol. The van der Waals surface area contributed by atoms with Crippen LogP contribution in [0.25, 0.3) is 0 Å². The summed E-state index contributed by atoms with van der Waals surface area (Å²) in [5.41, 5.74) is 1.40. The predicted molar refractivity (Wildman–Crippen MR) is 159 cm³/mol.